The Morgan fingerprint density at radius 3 is 2.41 bits per heavy atom. The van der Waals surface area contributed by atoms with Crippen molar-refractivity contribution in [2.24, 2.45) is 5.92 Å². The number of fused-ring (bicyclic) bond motifs is 2. The number of carbonyl (C=O) groups is 3. The third-order valence-corrected chi connectivity index (χ3v) is 7.30. The van der Waals surface area contributed by atoms with Gasteiger partial charge in [0, 0.05) is 47.4 Å². The predicted octanol–water partition coefficient (Wildman–Crippen LogP) is 5.35. The fraction of sp³-hybridized carbons (Fsp3) is 0.375. The van der Waals surface area contributed by atoms with Crippen LogP contribution in [0.15, 0.2) is 62.4 Å². The quantitative estimate of drug-likeness (QED) is 0.148. The summed E-state index contributed by atoms with van der Waals surface area (Å²) >= 11 is 0. The van der Waals surface area contributed by atoms with Gasteiger partial charge in [0.25, 0.3) is 0 Å². The normalized spacial score (nSPS) is 12.1. The average molecular weight is 561 g/mol. The van der Waals surface area contributed by atoms with Crippen molar-refractivity contribution >= 4 is 39.7 Å². The van der Waals surface area contributed by atoms with Gasteiger partial charge in [-0.25, -0.2) is 4.79 Å². The highest BCUT2D eigenvalue weighted by Gasteiger charge is 2.24. The first-order valence-electron chi connectivity index (χ1n) is 14.0. The van der Waals surface area contributed by atoms with Crippen LogP contribution in [0.5, 0.6) is 0 Å². The van der Waals surface area contributed by atoms with Crippen molar-refractivity contribution in [2.45, 2.75) is 65.3 Å². The summed E-state index contributed by atoms with van der Waals surface area (Å²) in [6, 6.07) is 12.8. The van der Waals surface area contributed by atoms with Crippen molar-refractivity contribution in [2.75, 3.05) is 6.54 Å². The maximum atomic E-state index is 12.9. The van der Waals surface area contributed by atoms with Gasteiger partial charge in [-0.2, -0.15) is 0 Å². The van der Waals surface area contributed by atoms with E-state index in [-0.39, 0.29) is 37.0 Å². The standard InChI is InChI=1S/C32H36N2O7/c1-19(2)30(31(38)33-15-9-5-8-12-29(36)37)34-28(35)14-13-22-20(3)23-16-24-25(21-10-6-4-7-11-21)18-40-26(24)17-27(23)41-32(22)39/h4,6-7,10-11,16-19,30H,5,8-9,12-15H2,1-3H3,(H,33,38)(H,34,35)(H,36,37)/t30-/m1/s1. The monoisotopic (exact) mass is 560 g/mol. The molecule has 9 heteroatoms. The van der Waals surface area contributed by atoms with Gasteiger partial charge in [0.15, 0.2) is 0 Å². The van der Waals surface area contributed by atoms with Crippen molar-refractivity contribution in [3.8, 4) is 11.1 Å². The molecule has 1 atom stereocenters. The highest BCUT2D eigenvalue weighted by molar-refractivity contribution is 6.02. The van der Waals surface area contributed by atoms with Crippen molar-refractivity contribution in [3.05, 3.63) is 70.3 Å². The number of aryl methyl sites for hydroxylation is 1. The molecule has 4 aromatic rings. The molecule has 41 heavy (non-hydrogen) atoms. The first kappa shape index (κ1) is 29.6. The van der Waals surface area contributed by atoms with Gasteiger partial charge in [0.05, 0.1) is 6.26 Å². The van der Waals surface area contributed by atoms with Gasteiger partial charge >= 0.3 is 11.6 Å². The number of furan rings is 1. The lowest BCUT2D eigenvalue weighted by atomic mass is 9.98. The molecule has 0 saturated heterocycles. The van der Waals surface area contributed by atoms with Crippen LogP contribution < -0.4 is 16.3 Å². The largest absolute Gasteiger partial charge is 0.481 e. The fourth-order valence-electron chi connectivity index (χ4n) is 4.96. The second kappa shape index (κ2) is 13.3. The maximum Gasteiger partial charge on any atom is 0.339 e. The Hall–Kier alpha value is -4.40. The van der Waals surface area contributed by atoms with E-state index < -0.39 is 17.6 Å². The number of carboxylic acids is 1. The summed E-state index contributed by atoms with van der Waals surface area (Å²) in [6.45, 7) is 5.95. The van der Waals surface area contributed by atoms with Gasteiger partial charge < -0.3 is 24.6 Å². The van der Waals surface area contributed by atoms with Gasteiger partial charge in [-0.05, 0) is 49.3 Å². The number of carboxylic acid groups (broad SMARTS) is 1. The van der Waals surface area contributed by atoms with Gasteiger partial charge in [0.1, 0.15) is 17.2 Å². The van der Waals surface area contributed by atoms with Crippen LogP contribution in [-0.4, -0.2) is 35.5 Å². The number of amides is 2. The lowest BCUT2D eigenvalue weighted by molar-refractivity contribution is -0.137. The summed E-state index contributed by atoms with van der Waals surface area (Å²) in [6.07, 6.45) is 3.89. The number of rotatable bonds is 13. The number of hydrogen-bond acceptors (Lipinski definition) is 6. The molecule has 0 spiro atoms. The molecule has 9 nitrogen and oxygen atoms in total. The minimum Gasteiger partial charge on any atom is -0.481 e. The maximum absolute atomic E-state index is 12.9. The molecule has 2 heterocycles. The number of carbonyl (C=O) groups excluding carboxylic acids is 2. The number of hydrogen-bond donors (Lipinski definition) is 3. The second-order valence-corrected chi connectivity index (χ2v) is 10.6. The summed E-state index contributed by atoms with van der Waals surface area (Å²) in [5.41, 5.74) is 3.65. The highest BCUT2D eigenvalue weighted by Crippen LogP contribution is 2.34. The van der Waals surface area contributed by atoms with Gasteiger partial charge in [-0.3, -0.25) is 14.4 Å². The Morgan fingerprint density at radius 2 is 1.71 bits per heavy atom. The topological polar surface area (TPSA) is 139 Å². The molecule has 4 rings (SSSR count). The lowest BCUT2D eigenvalue weighted by Crippen LogP contribution is -2.50. The smallest absolute Gasteiger partial charge is 0.339 e. The molecular formula is C32H36N2O7. The van der Waals surface area contributed by atoms with Gasteiger partial charge in [0.2, 0.25) is 11.8 Å². The molecule has 3 N–H and O–H groups in total. The zero-order valence-corrected chi connectivity index (χ0v) is 23.6. The molecule has 0 fully saturated rings. The minimum absolute atomic E-state index is 0.0199. The number of unbranched alkanes of at least 4 members (excludes halogenated alkanes) is 2. The average Bonchev–Trinajstić information content (AvgIpc) is 3.35. The van der Waals surface area contributed by atoms with E-state index in [0.717, 1.165) is 27.5 Å². The van der Waals surface area contributed by atoms with Crippen LogP contribution in [-0.2, 0) is 20.8 Å². The Balaban J connectivity index is 1.43. The Bertz CT molecular complexity index is 1600. The van der Waals surface area contributed by atoms with E-state index in [1.165, 1.54) is 0 Å². The SMILES string of the molecule is Cc1c(CCC(=O)N[C@@H](C(=O)NCCCCCC(=O)O)C(C)C)c(=O)oc2cc3occ(-c4ccccc4)c3cc12. The molecule has 0 radical (unpaired) electrons. The molecule has 0 bridgehead atoms. The lowest BCUT2D eigenvalue weighted by Gasteiger charge is -2.22. The van der Waals surface area contributed by atoms with Crippen molar-refractivity contribution in [3.63, 3.8) is 0 Å². The molecule has 0 aliphatic rings. The van der Waals surface area contributed by atoms with Gasteiger partial charge in [-0.1, -0.05) is 50.6 Å². The Kier molecular flexibility index (Phi) is 9.60. The first-order chi connectivity index (χ1) is 19.7. The summed E-state index contributed by atoms with van der Waals surface area (Å²) in [5, 5.41) is 16.0. The second-order valence-electron chi connectivity index (χ2n) is 10.6. The van der Waals surface area contributed by atoms with E-state index >= 15 is 0 Å². The van der Waals surface area contributed by atoms with Crippen LogP contribution >= 0.6 is 0 Å². The van der Waals surface area contributed by atoms with Gasteiger partial charge in [-0.15, -0.1) is 0 Å². The van der Waals surface area contributed by atoms with Crippen LogP contribution in [0.2, 0.25) is 0 Å². The molecule has 216 valence electrons. The molecule has 0 unspecified atom stereocenters. The van der Waals surface area contributed by atoms with Crippen LogP contribution in [0.4, 0.5) is 0 Å². The van der Waals surface area contributed by atoms with Crippen molar-refractivity contribution < 1.29 is 28.3 Å². The molecule has 2 aromatic carbocycles. The van der Waals surface area contributed by atoms with Crippen LogP contribution in [0.3, 0.4) is 0 Å². The summed E-state index contributed by atoms with van der Waals surface area (Å²) in [4.78, 5) is 49.0. The summed E-state index contributed by atoms with van der Waals surface area (Å²) < 4.78 is 11.4. The van der Waals surface area contributed by atoms with E-state index in [9.17, 15) is 19.2 Å². The van der Waals surface area contributed by atoms with Crippen LogP contribution in [0.25, 0.3) is 33.1 Å². The molecule has 2 aromatic heterocycles. The van der Waals surface area contributed by atoms with Crippen LogP contribution in [0.1, 0.15) is 57.1 Å². The summed E-state index contributed by atoms with van der Waals surface area (Å²) in [7, 11) is 0. The molecule has 0 aliphatic carbocycles. The summed E-state index contributed by atoms with van der Waals surface area (Å²) in [5.74, 6) is -1.60. The predicted molar refractivity (Wildman–Crippen MR) is 157 cm³/mol. The van der Waals surface area contributed by atoms with E-state index in [0.29, 0.717) is 42.5 Å². The molecule has 0 aliphatic heterocycles. The zero-order chi connectivity index (χ0) is 29.5. The Morgan fingerprint density at radius 1 is 0.951 bits per heavy atom. The minimum atomic E-state index is -0.833. The van der Waals surface area contributed by atoms with E-state index in [1.54, 1.807) is 12.3 Å². The van der Waals surface area contributed by atoms with E-state index in [1.807, 2.05) is 57.2 Å². The van der Waals surface area contributed by atoms with Crippen molar-refractivity contribution in [1.29, 1.82) is 0 Å². The third kappa shape index (κ3) is 7.22. The van der Waals surface area contributed by atoms with Crippen molar-refractivity contribution in [1.82, 2.24) is 10.6 Å². The highest BCUT2D eigenvalue weighted by atomic mass is 16.4. The molecular weight excluding hydrogens is 524 g/mol. The Labute approximate surface area is 237 Å². The first-order valence-corrected chi connectivity index (χ1v) is 14.0. The fourth-order valence-corrected chi connectivity index (χ4v) is 4.96. The van der Waals surface area contributed by atoms with E-state index in [2.05, 4.69) is 10.6 Å². The van der Waals surface area contributed by atoms with Crippen LogP contribution in [0, 0.1) is 12.8 Å². The zero-order valence-electron chi connectivity index (χ0n) is 23.6. The number of nitrogens with one attached hydrogen (secondary N) is 2. The molecule has 2 amide bonds. The number of benzene rings is 2. The molecule has 0 saturated carbocycles. The van der Waals surface area contributed by atoms with E-state index in [4.69, 9.17) is 13.9 Å². The third-order valence-electron chi connectivity index (χ3n) is 7.30. The number of aliphatic carboxylic acids is 1.